The third kappa shape index (κ3) is 4.65. The van der Waals surface area contributed by atoms with Gasteiger partial charge in [-0.1, -0.05) is 12.1 Å². The molecule has 1 aromatic rings. The summed E-state index contributed by atoms with van der Waals surface area (Å²) >= 11 is 0. The van der Waals surface area contributed by atoms with Gasteiger partial charge in [0, 0.05) is 18.8 Å². The molecule has 0 aliphatic rings. The number of nitrogen functional groups attached to an aromatic ring is 1. The molecular formula is C14H22N2O2. The van der Waals surface area contributed by atoms with Crippen molar-refractivity contribution in [2.45, 2.75) is 39.8 Å². The Labute approximate surface area is 109 Å². The van der Waals surface area contributed by atoms with Gasteiger partial charge in [0.1, 0.15) is 5.60 Å². The molecule has 4 nitrogen and oxygen atoms in total. The number of amides is 1. The Hall–Kier alpha value is -1.71. The van der Waals surface area contributed by atoms with E-state index in [1.54, 1.807) is 4.90 Å². The van der Waals surface area contributed by atoms with E-state index in [2.05, 4.69) is 0 Å². The van der Waals surface area contributed by atoms with E-state index < -0.39 is 5.60 Å². The van der Waals surface area contributed by atoms with Gasteiger partial charge >= 0.3 is 6.09 Å². The fraction of sp³-hybridized carbons (Fsp3) is 0.500. The summed E-state index contributed by atoms with van der Waals surface area (Å²) in [6.45, 7) is 8.62. The van der Waals surface area contributed by atoms with Gasteiger partial charge in [-0.05, 0) is 45.4 Å². The lowest BCUT2D eigenvalue weighted by molar-refractivity contribution is 0.0244. The van der Waals surface area contributed by atoms with Crippen molar-refractivity contribution in [3.05, 3.63) is 29.8 Å². The van der Waals surface area contributed by atoms with Crippen LogP contribution in [-0.4, -0.2) is 23.1 Å². The predicted octanol–water partition coefficient (Wildman–Crippen LogP) is 3.03. The largest absolute Gasteiger partial charge is 0.444 e. The van der Waals surface area contributed by atoms with Gasteiger partial charge in [-0.25, -0.2) is 4.79 Å². The van der Waals surface area contributed by atoms with Crippen LogP contribution in [0.1, 0.15) is 33.3 Å². The SMILES string of the molecule is CCN(Cc1cccc(N)c1)C(=O)OC(C)(C)C. The summed E-state index contributed by atoms with van der Waals surface area (Å²) in [6.07, 6.45) is -0.299. The van der Waals surface area contributed by atoms with Crippen LogP contribution >= 0.6 is 0 Å². The van der Waals surface area contributed by atoms with Gasteiger partial charge in [0.05, 0.1) is 0 Å². The Bertz CT molecular complexity index is 411. The van der Waals surface area contributed by atoms with E-state index in [1.165, 1.54) is 0 Å². The minimum atomic E-state index is -0.472. The summed E-state index contributed by atoms with van der Waals surface area (Å²) < 4.78 is 5.35. The number of nitrogens with zero attached hydrogens (tertiary/aromatic N) is 1. The number of benzene rings is 1. The monoisotopic (exact) mass is 250 g/mol. The fourth-order valence-corrected chi connectivity index (χ4v) is 1.54. The zero-order valence-corrected chi connectivity index (χ0v) is 11.6. The van der Waals surface area contributed by atoms with Crippen LogP contribution in [0.3, 0.4) is 0 Å². The smallest absolute Gasteiger partial charge is 0.410 e. The molecule has 0 heterocycles. The molecule has 100 valence electrons. The first-order valence-corrected chi connectivity index (χ1v) is 6.14. The van der Waals surface area contributed by atoms with Crippen LogP contribution < -0.4 is 5.73 Å². The quantitative estimate of drug-likeness (QED) is 0.839. The van der Waals surface area contributed by atoms with Crippen LogP contribution in [0.5, 0.6) is 0 Å². The van der Waals surface area contributed by atoms with Crippen molar-refractivity contribution in [3.8, 4) is 0 Å². The van der Waals surface area contributed by atoms with Crippen molar-refractivity contribution in [1.29, 1.82) is 0 Å². The summed E-state index contributed by atoms with van der Waals surface area (Å²) in [5, 5.41) is 0. The number of hydrogen-bond acceptors (Lipinski definition) is 3. The van der Waals surface area contributed by atoms with E-state index in [9.17, 15) is 4.79 Å². The zero-order valence-electron chi connectivity index (χ0n) is 11.6. The highest BCUT2D eigenvalue weighted by molar-refractivity contribution is 5.68. The average molecular weight is 250 g/mol. The molecule has 1 rings (SSSR count). The van der Waals surface area contributed by atoms with Crippen molar-refractivity contribution >= 4 is 11.8 Å². The molecule has 0 aliphatic heterocycles. The van der Waals surface area contributed by atoms with Gasteiger partial charge in [0.15, 0.2) is 0 Å². The molecule has 0 radical (unpaired) electrons. The minimum absolute atomic E-state index is 0.299. The molecular weight excluding hydrogens is 228 g/mol. The average Bonchev–Trinajstić information content (AvgIpc) is 2.23. The van der Waals surface area contributed by atoms with Gasteiger partial charge in [-0.2, -0.15) is 0 Å². The molecule has 0 saturated heterocycles. The normalized spacial score (nSPS) is 11.1. The summed E-state index contributed by atoms with van der Waals surface area (Å²) in [5.74, 6) is 0. The van der Waals surface area contributed by atoms with E-state index in [1.807, 2.05) is 52.0 Å². The second-order valence-corrected chi connectivity index (χ2v) is 5.24. The molecule has 0 saturated carbocycles. The van der Waals surface area contributed by atoms with Crippen molar-refractivity contribution in [2.75, 3.05) is 12.3 Å². The third-order valence-corrected chi connectivity index (χ3v) is 2.36. The van der Waals surface area contributed by atoms with Gasteiger partial charge in [0.25, 0.3) is 0 Å². The highest BCUT2D eigenvalue weighted by atomic mass is 16.6. The Morgan fingerprint density at radius 3 is 2.56 bits per heavy atom. The second kappa shape index (κ2) is 5.76. The maximum atomic E-state index is 12.0. The summed E-state index contributed by atoms with van der Waals surface area (Å²) in [4.78, 5) is 13.6. The topological polar surface area (TPSA) is 55.6 Å². The highest BCUT2D eigenvalue weighted by Crippen LogP contribution is 2.14. The number of carbonyl (C=O) groups excluding carboxylic acids is 1. The fourth-order valence-electron chi connectivity index (χ4n) is 1.54. The molecule has 0 aliphatic carbocycles. The van der Waals surface area contributed by atoms with Crippen LogP contribution in [0.15, 0.2) is 24.3 Å². The maximum Gasteiger partial charge on any atom is 0.410 e. The van der Waals surface area contributed by atoms with Gasteiger partial charge in [-0.3, -0.25) is 0 Å². The number of ether oxygens (including phenoxy) is 1. The first-order chi connectivity index (χ1) is 8.31. The van der Waals surface area contributed by atoms with Crippen molar-refractivity contribution < 1.29 is 9.53 Å². The number of carbonyl (C=O) groups is 1. The van der Waals surface area contributed by atoms with Gasteiger partial charge < -0.3 is 15.4 Å². The third-order valence-electron chi connectivity index (χ3n) is 2.36. The van der Waals surface area contributed by atoms with Crippen LogP contribution in [0.2, 0.25) is 0 Å². The molecule has 0 bridgehead atoms. The summed E-state index contributed by atoms with van der Waals surface area (Å²) in [6, 6.07) is 7.53. The molecule has 18 heavy (non-hydrogen) atoms. The van der Waals surface area contributed by atoms with Gasteiger partial charge in [0.2, 0.25) is 0 Å². The lowest BCUT2D eigenvalue weighted by atomic mass is 10.2. The minimum Gasteiger partial charge on any atom is -0.444 e. The van der Waals surface area contributed by atoms with E-state index in [0.717, 1.165) is 5.56 Å². The second-order valence-electron chi connectivity index (χ2n) is 5.24. The molecule has 0 unspecified atom stereocenters. The van der Waals surface area contributed by atoms with E-state index in [0.29, 0.717) is 18.8 Å². The van der Waals surface area contributed by atoms with E-state index in [-0.39, 0.29) is 6.09 Å². The summed E-state index contributed by atoms with van der Waals surface area (Å²) in [7, 11) is 0. The maximum absolute atomic E-state index is 12.0. The first kappa shape index (κ1) is 14.4. The lowest BCUT2D eigenvalue weighted by Crippen LogP contribution is -2.36. The van der Waals surface area contributed by atoms with Crippen LogP contribution in [0, 0.1) is 0 Å². The predicted molar refractivity (Wildman–Crippen MR) is 73.2 cm³/mol. The Kier molecular flexibility index (Phi) is 4.59. The van der Waals surface area contributed by atoms with Crippen LogP contribution in [-0.2, 0) is 11.3 Å². The first-order valence-electron chi connectivity index (χ1n) is 6.14. The van der Waals surface area contributed by atoms with Gasteiger partial charge in [-0.15, -0.1) is 0 Å². The molecule has 0 fully saturated rings. The molecule has 1 aromatic carbocycles. The van der Waals surface area contributed by atoms with Crippen molar-refractivity contribution in [1.82, 2.24) is 4.90 Å². The van der Waals surface area contributed by atoms with Crippen LogP contribution in [0.25, 0.3) is 0 Å². The highest BCUT2D eigenvalue weighted by Gasteiger charge is 2.21. The van der Waals surface area contributed by atoms with E-state index >= 15 is 0 Å². The summed E-state index contributed by atoms with van der Waals surface area (Å²) in [5.41, 5.74) is 6.95. The Balaban J connectivity index is 2.70. The molecule has 0 spiro atoms. The van der Waals surface area contributed by atoms with Crippen molar-refractivity contribution in [2.24, 2.45) is 0 Å². The molecule has 0 aromatic heterocycles. The molecule has 0 atom stereocenters. The number of nitrogens with two attached hydrogens (primary N) is 1. The molecule has 1 amide bonds. The number of anilines is 1. The number of rotatable bonds is 3. The standard InChI is InChI=1S/C14H22N2O2/c1-5-16(13(17)18-14(2,3)4)10-11-7-6-8-12(15)9-11/h6-9H,5,10,15H2,1-4H3. The Morgan fingerprint density at radius 2 is 2.06 bits per heavy atom. The molecule has 4 heteroatoms. The van der Waals surface area contributed by atoms with Crippen molar-refractivity contribution in [3.63, 3.8) is 0 Å². The number of hydrogen-bond donors (Lipinski definition) is 1. The Morgan fingerprint density at radius 1 is 1.39 bits per heavy atom. The van der Waals surface area contributed by atoms with Crippen LogP contribution in [0.4, 0.5) is 10.5 Å². The zero-order chi connectivity index (χ0) is 13.8. The lowest BCUT2D eigenvalue weighted by Gasteiger charge is -2.26. The molecule has 2 N–H and O–H groups in total. The van der Waals surface area contributed by atoms with E-state index in [4.69, 9.17) is 10.5 Å².